The van der Waals surface area contributed by atoms with Crippen molar-refractivity contribution in [2.24, 2.45) is 7.05 Å². The Labute approximate surface area is 287 Å². The normalized spacial score (nSPS) is 10.3. The third-order valence-electron chi connectivity index (χ3n) is 7.11. The molecule has 4 heterocycles. The van der Waals surface area contributed by atoms with Gasteiger partial charge >= 0.3 is 0 Å². The summed E-state index contributed by atoms with van der Waals surface area (Å²) in [5.41, 5.74) is 4.81. The lowest BCUT2D eigenvalue weighted by Gasteiger charge is -2.07. The van der Waals surface area contributed by atoms with Crippen LogP contribution in [0.3, 0.4) is 0 Å². The van der Waals surface area contributed by atoms with Gasteiger partial charge in [-0.2, -0.15) is 10.2 Å². The Morgan fingerprint density at radius 1 is 0.729 bits per heavy atom. The largest absolute Gasteiger partial charge is 0.301 e. The van der Waals surface area contributed by atoms with Crippen molar-refractivity contribution in [3.05, 3.63) is 150 Å². The van der Waals surface area contributed by atoms with Gasteiger partial charge in [0.15, 0.2) is 0 Å². The highest BCUT2D eigenvalue weighted by molar-refractivity contribution is 6.31. The molecule has 10 nitrogen and oxygen atoms in total. The summed E-state index contributed by atoms with van der Waals surface area (Å²) in [4.78, 5) is 32.7. The van der Waals surface area contributed by atoms with Crippen LogP contribution in [0, 0.1) is 44.5 Å². The van der Waals surface area contributed by atoms with Crippen LogP contribution in [-0.4, -0.2) is 38.7 Å². The van der Waals surface area contributed by atoms with Gasteiger partial charge < -0.3 is 4.57 Å². The molecule has 0 unspecified atom stereocenters. The highest BCUT2D eigenvalue weighted by Gasteiger charge is 2.12. The molecule has 4 aromatic heterocycles. The lowest BCUT2D eigenvalue weighted by Crippen LogP contribution is -2.21. The number of hydrogen-bond acceptors (Lipinski definition) is 6. The van der Waals surface area contributed by atoms with Gasteiger partial charge in [-0.05, 0) is 75.9 Å². The van der Waals surface area contributed by atoms with E-state index < -0.39 is 0 Å². The summed E-state index contributed by atoms with van der Waals surface area (Å²) < 4.78 is 6.35. The first-order chi connectivity index (χ1) is 23.0. The number of halogens is 2. The first-order valence-electron chi connectivity index (χ1n) is 14.8. The fraction of sp³-hybridized carbons (Fsp3) is 0.167. The second kappa shape index (κ2) is 14.8. The molecule has 240 valence electrons. The molecule has 0 aliphatic rings. The summed E-state index contributed by atoms with van der Waals surface area (Å²) in [6.45, 7) is 8.06. The summed E-state index contributed by atoms with van der Waals surface area (Å²) >= 11 is 11.9. The Bertz CT molecular complexity index is 2380. The average molecular weight is 678 g/mol. The zero-order valence-corrected chi connectivity index (χ0v) is 28.4. The minimum atomic E-state index is -0.174. The molecule has 0 spiro atoms. The van der Waals surface area contributed by atoms with Crippen molar-refractivity contribution in [2.45, 2.75) is 34.2 Å². The number of rotatable bonds is 3. The van der Waals surface area contributed by atoms with Gasteiger partial charge in [-0.3, -0.25) is 14.2 Å². The molecule has 0 fully saturated rings. The summed E-state index contributed by atoms with van der Waals surface area (Å²) in [6, 6.07) is 17.8. The van der Waals surface area contributed by atoms with Gasteiger partial charge in [0, 0.05) is 53.1 Å². The fourth-order valence-electron chi connectivity index (χ4n) is 4.71. The third-order valence-corrected chi connectivity index (χ3v) is 7.58. The molecule has 0 amide bonds. The van der Waals surface area contributed by atoms with Crippen LogP contribution in [0.4, 0.5) is 0 Å². The minimum absolute atomic E-state index is 0.144. The van der Waals surface area contributed by atoms with Gasteiger partial charge in [-0.25, -0.2) is 19.3 Å². The van der Waals surface area contributed by atoms with E-state index in [4.69, 9.17) is 23.2 Å². The lowest BCUT2D eigenvalue weighted by atomic mass is 10.2. The monoisotopic (exact) mass is 676 g/mol. The van der Waals surface area contributed by atoms with Crippen molar-refractivity contribution < 1.29 is 0 Å². The van der Waals surface area contributed by atoms with Crippen LogP contribution in [-0.2, 0) is 13.6 Å². The molecule has 0 aliphatic heterocycles. The highest BCUT2D eigenvalue weighted by Crippen LogP contribution is 2.16. The number of benzene rings is 2. The van der Waals surface area contributed by atoms with Crippen molar-refractivity contribution in [3.8, 4) is 35.1 Å². The maximum atomic E-state index is 11.9. The summed E-state index contributed by atoms with van der Waals surface area (Å²) in [5.74, 6) is 13.7. The summed E-state index contributed by atoms with van der Waals surface area (Å²) in [5, 5.41) is 9.48. The van der Waals surface area contributed by atoms with Crippen LogP contribution >= 0.6 is 23.2 Å². The number of aromatic nitrogens is 8. The Morgan fingerprint density at radius 2 is 1.35 bits per heavy atom. The van der Waals surface area contributed by atoms with E-state index in [0.717, 1.165) is 28.5 Å². The quantitative estimate of drug-likeness (QED) is 0.231. The lowest BCUT2D eigenvalue weighted by molar-refractivity contribution is 0.612. The Hall–Kier alpha value is -5.68. The molecule has 6 aromatic rings. The SMILES string of the molecule is CCn1ncc(-n2cc(C#Cc3cccc(Cl)c3)nc2C)cc1=O.Cc1nc(C#Cc2cccc(Cl)c2)c(C)n1-c1cnn(C)c(=O)c1. The number of aryl methyl sites for hydroxylation is 4. The molecule has 0 radical (unpaired) electrons. The van der Waals surface area contributed by atoms with Gasteiger partial charge in [0.05, 0.1) is 29.5 Å². The van der Waals surface area contributed by atoms with E-state index in [1.165, 1.54) is 15.4 Å². The van der Waals surface area contributed by atoms with Crippen molar-refractivity contribution >= 4 is 23.2 Å². The van der Waals surface area contributed by atoms with E-state index in [9.17, 15) is 9.59 Å². The van der Waals surface area contributed by atoms with E-state index in [-0.39, 0.29) is 11.1 Å². The molecule has 48 heavy (non-hydrogen) atoms. The Kier molecular flexibility index (Phi) is 10.4. The summed E-state index contributed by atoms with van der Waals surface area (Å²) in [7, 11) is 1.61. The summed E-state index contributed by atoms with van der Waals surface area (Å²) in [6.07, 6.45) is 5.07. The molecule has 0 saturated heterocycles. The first-order valence-corrected chi connectivity index (χ1v) is 15.6. The smallest absolute Gasteiger partial charge is 0.268 e. The molecular formula is C36H30Cl2N8O2. The van der Waals surface area contributed by atoms with Gasteiger partial charge in [-0.15, -0.1) is 0 Å². The highest BCUT2D eigenvalue weighted by atomic mass is 35.5. The van der Waals surface area contributed by atoms with Gasteiger partial charge in [0.1, 0.15) is 23.0 Å². The molecule has 2 aromatic carbocycles. The molecule has 12 heteroatoms. The Morgan fingerprint density at radius 3 is 1.96 bits per heavy atom. The third kappa shape index (κ3) is 7.99. The topological polar surface area (TPSA) is 105 Å². The zero-order valence-electron chi connectivity index (χ0n) is 26.9. The molecule has 0 N–H and O–H groups in total. The van der Waals surface area contributed by atoms with Crippen LogP contribution in [0.25, 0.3) is 11.4 Å². The van der Waals surface area contributed by atoms with E-state index in [1.807, 2.05) is 56.5 Å². The second-order valence-electron chi connectivity index (χ2n) is 10.5. The number of nitrogens with zero attached hydrogens (tertiary/aromatic N) is 8. The van der Waals surface area contributed by atoms with Crippen molar-refractivity contribution in [3.63, 3.8) is 0 Å². The molecular weight excluding hydrogens is 647 g/mol. The van der Waals surface area contributed by atoms with E-state index >= 15 is 0 Å². The van der Waals surface area contributed by atoms with Crippen LogP contribution in [0.5, 0.6) is 0 Å². The van der Waals surface area contributed by atoms with Gasteiger partial charge in [-0.1, -0.05) is 47.2 Å². The van der Waals surface area contributed by atoms with Gasteiger partial charge in [0.25, 0.3) is 11.1 Å². The van der Waals surface area contributed by atoms with Crippen molar-refractivity contribution in [2.75, 3.05) is 0 Å². The van der Waals surface area contributed by atoms with Crippen LogP contribution < -0.4 is 11.1 Å². The molecule has 6 rings (SSSR count). The van der Waals surface area contributed by atoms with Crippen LogP contribution in [0.15, 0.2) is 88.8 Å². The van der Waals surface area contributed by atoms with Crippen LogP contribution in [0.2, 0.25) is 10.0 Å². The zero-order chi connectivity index (χ0) is 34.4. The molecule has 0 bridgehead atoms. The molecule has 0 saturated carbocycles. The van der Waals surface area contributed by atoms with Crippen molar-refractivity contribution in [1.29, 1.82) is 0 Å². The van der Waals surface area contributed by atoms with Crippen molar-refractivity contribution in [1.82, 2.24) is 38.7 Å². The fourth-order valence-corrected chi connectivity index (χ4v) is 5.09. The standard InChI is InChI=1S/2C18H15ClN4O/c1-12-17(8-7-14-5-4-6-15(19)9-14)21-13(2)23(12)16-10-18(24)22(3)20-11-16;1-3-23-18(24)10-17(11-20-23)22-12-16(21-13(22)2)8-7-14-5-4-6-15(19)9-14/h4-6,9-11H,1-3H3;4-6,9-12H,3H2,1-2H3. The number of hydrogen-bond donors (Lipinski definition) is 0. The Balaban J connectivity index is 0.000000188. The van der Waals surface area contributed by atoms with E-state index in [1.54, 1.807) is 60.5 Å². The van der Waals surface area contributed by atoms with Crippen LogP contribution in [0.1, 0.15) is 46.8 Å². The first kappa shape index (κ1) is 33.7. The second-order valence-corrected chi connectivity index (χ2v) is 11.4. The maximum Gasteiger partial charge on any atom is 0.268 e. The van der Waals surface area contributed by atoms with E-state index in [0.29, 0.717) is 39.4 Å². The predicted molar refractivity (Wildman–Crippen MR) is 187 cm³/mol. The minimum Gasteiger partial charge on any atom is -0.301 e. The maximum absolute atomic E-state index is 11.9. The van der Waals surface area contributed by atoms with Gasteiger partial charge in [0.2, 0.25) is 0 Å². The predicted octanol–water partition coefficient (Wildman–Crippen LogP) is 5.45. The van der Waals surface area contributed by atoms with E-state index in [2.05, 4.69) is 43.8 Å². The average Bonchev–Trinajstić information content (AvgIpc) is 3.57. The molecule has 0 aliphatic carbocycles. The number of imidazole rings is 2. The molecule has 0 atom stereocenters.